The third kappa shape index (κ3) is 3.86. The van der Waals surface area contributed by atoms with Crippen molar-refractivity contribution in [2.75, 3.05) is 0 Å². The molecule has 0 aromatic heterocycles. The number of hydrogen-bond donors (Lipinski definition) is 2. The maximum absolute atomic E-state index is 10.8. The van der Waals surface area contributed by atoms with Gasteiger partial charge in [-0.05, 0) is 15.9 Å². The fourth-order valence-corrected chi connectivity index (χ4v) is 2.28. The number of hydrogen-bond acceptors (Lipinski definition) is 5. The Morgan fingerprint density at radius 3 is 2.68 bits per heavy atom. The molecule has 0 radical (unpaired) electrons. The highest BCUT2D eigenvalue weighted by Gasteiger charge is 2.13. The molecule has 2 rings (SSSR count). The Bertz CT molecular complexity index is 750. The molecule has 0 saturated carbocycles. The monoisotopic (exact) mass is 379 g/mol. The number of thiocarbonyl (C=S) groups is 1. The summed E-state index contributed by atoms with van der Waals surface area (Å²) in [5.74, 6) is -0.137. The van der Waals surface area contributed by atoms with Crippen LogP contribution < -0.4 is 5.43 Å². The minimum absolute atomic E-state index is 0.137. The van der Waals surface area contributed by atoms with E-state index < -0.39 is 4.92 Å². The second-order valence-electron chi connectivity index (χ2n) is 4.19. The number of nitrogens with zero attached hydrogens (tertiary/aromatic N) is 2. The van der Waals surface area contributed by atoms with E-state index in [0.29, 0.717) is 4.99 Å². The summed E-state index contributed by atoms with van der Waals surface area (Å²) >= 11 is 8.22. The topological polar surface area (TPSA) is 87.8 Å². The van der Waals surface area contributed by atoms with Gasteiger partial charge in [-0.3, -0.25) is 15.5 Å². The van der Waals surface area contributed by atoms with Crippen LogP contribution in [0, 0.1) is 10.1 Å². The fourth-order valence-electron chi connectivity index (χ4n) is 1.62. The molecule has 0 atom stereocenters. The second-order valence-corrected chi connectivity index (χ2v) is 5.45. The molecule has 0 aliphatic heterocycles. The average Bonchev–Trinajstić information content (AvgIpc) is 2.51. The second kappa shape index (κ2) is 7.10. The van der Waals surface area contributed by atoms with Gasteiger partial charge in [-0.1, -0.05) is 42.5 Å². The minimum atomic E-state index is -0.552. The Morgan fingerprint density at radius 2 is 2.05 bits per heavy atom. The average molecular weight is 380 g/mol. The van der Waals surface area contributed by atoms with Crippen LogP contribution in [0.15, 0.2) is 52.0 Å². The summed E-state index contributed by atoms with van der Waals surface area (Å²) in [4.78, 5) is 10.7. The van der Waals surface area contributed by atoms with E-state index >= 15 is 0 Å². The minimum Gasteiger partial charge on any atom is -0.506 e. The number of benzene rings is 2. The molecule has 8 heteroatoms. The SMILES string of the molecule is O=[N+]([O-])c1cc(Br)c(O)c(C=NNC(=S)c2ccccc2)c1. The van der Waals surface area contributed by atoms with Crippen molar-refractivity contribution in [1.29, 1.82) is 0 Å². The molecule has 0 fully saturated rings. The highest BCUT2D eigenvalue weighted by atomic mass is 79.9. The lowest BCUT2D eigenvalue weighted by molar-refractivity contribution is -0.385. The zero-order valence-electron chi connectivity index (χ0n) is 11.1. The first-order valence-electron chi connectivity index (χ1n) is 6.04. The van der Waals surface area contributed by atoms with Crippen molar-refractivity contribution < 1.29 is 10.0 Å². The van der Waals surface area contributed by atoms with Gasteiger partial charge in [-0.15, -0.1) is 0 Å². The van der Waals surface area contributed by atoms with E-state index in [9.17, 15) is 15.2 Å². The van der Waals surface area contributed by atoms with Crippen molar-refractivity contribution in [3.05, 3.63) is 68.2 Å². The number of halogens is 1. The van der Waals surface area contributed by atoms with Gasteiger partial charge < -0.3 is 5.11 Å². The Balaban J connectivity index is 2.17. The lowest BCUT2D eigenvalue weighted by Gasteiger charge is -2.04. The van der Waals surface area contributed by atoms with Crippen LogP contribution in [0.3, 0.4) is 0 Å². The third-order valence-corrected chi connectivity index (χ3v) is 3.63. The van der Waals surface area contributed by atoms with E-state index in [0.717, 1.165) is 5.56 Å². The van der Waals surface area contributed by atoms with Crippen molar-refractivity contribution in [3.8, 4) is 5.75 Å². The highest BCUT2D eigenvalue weighted by molar-refractivity contribution is 9.10. The van der Waals surface area contributed by atoms with Crippen LogP contribution in [0.2, 0.25) is 0 Å². The van der Waals surface area contributed by atoms with Crippen molar-refractivity contribution in [3.63, 3.8) is 0 Å². The highest BCUT2D eigenvalue weighted by Crippen LogP contribution is 2.31. The van der Waals surface area contributed by atoms with E-state index in [4.69, 9.17) is 12.2 Å². The number of non-ortho nitro benzene ring substituents is 1. The van der Waals surface area contributed by atoms with Crippen LogP contribution in [0.4, 0.5) is 5.69 Å². The van der Waals surface area contributed by atoms with Crippen molar-refractivity contribution in [2.24, 2.45) is 5.10 Å². The van der Waals surface area contributed by atoms with E-state index in [-0.39, 0.29) is 21.5 Å². The Labute approximate surface area is 139 Å². The molecule has 2 aromatic rings. The van der Waals surface area contributed by atoms with Crippen molar-refractivity contribution in [2.45, 2.75) is 0 Å². The number of rotatable bonds is 4. The van der Waals surface area contributed by atoms with E-state index in [1.165, 1.54) is 18.3 Å². The maximum Gasteiger partial charge on any atom is 0.271 e. The fraction of sp³-hybridized carbons (Fsp3) is 0. The summed E-state index contributed by atoms with van der Waals surface area (Å²) in [7, 11) is 0. The molecule has 0 saturated heterocycles. The number of nitro benzene ring substituents is 1. The molecule has 0 heterocycles. The summed E-state index contributed by atoms with van der Waals surface area (Å²) in [6, 6.07) is 11.6. The van der Waals surface area contributed by atoms with Gasteiger partial charge in [0.1, 0.15) is 10.7 Å². The summed E-state index contributed by atoms with van der Waals surface area (Å²) in [6.07, 6.45) is 1.27. The van der Waals surface area contributed by atoms with Gasteiger partial charge in [0, 0.05) is 23.3 Å². The maximum atomic E-state index is 10.8. The first-order valence-corrected chi connectivity index (χ1v) is 7.24. The largest absolute Gasteiger partial charge is 0.506 e. The summed E-state index contributed by atoms with van der Waals surface area (Å²) in [5, 5.41) is 24.6. The number of phenols is 1. The standard InChI is InChI=1S/C14H10BrN3O3S/c15-12-7-11(18(20)21)6-10(13(12)19)8-16-17-14(22)9-4-2-1-3-5-9/h1-8,19H,(H,17,22). The van der Waals surface area contributed by atoms with Gasteiger partial charge in [0.05, 0.1) is 15.6 Å². The molecule has 0 aliphatic carbocycles. The molecular formula is C14H10BrN3O3S. The Kier molecular flexibility index (Phi) is 5.18. The lowest BCUT2D eigenvalue weighted by atomic mass is 10.2. The predicted molar refractivity (Wildman–Crippen MR) is 91.3 cm³/mol. The van der Waals surface area contributed by atoms with Gasteiger partial charge in [-0.25, -0.2) is 0 Å². The smallest absolute Gasteiger partial charge is 0.271 e. The normalized spacial score (nSPS) is 10.6. The van der Waals surface area contributed by atoms with Gasteiger partial charge >= 0.3 is 0 Å². The van der Waals surface area contributed by atoms with E-state index in [2.05, 4.69) is 26.5 Å². The first-order chi connectivity index (χ1) is 10.5. The number of nitrogens with one attached hydrogen (secondary N) is 1. The van der Waals surface area contributed by atoms with Crippen LogP contribution in [0.1, 0.15) is 11.1 Å². The number of nitro groups is 1. The molecule has 6 nitrogen and oxygen atoms in total. The zero-order chi connectivity index (χ0) is 16.1. The van der Waals surface area contributed by atoms with Crippen molar-refractivity contribution in [1.82, 2.24) is 5.43 Å². The molecule has 0 spiro atoms. The van der Waals surface area contributed by atoms with Crippen LogP contribution in [-0.4, -0.2) is 21.2 Å². The number of aromatic hydroxyl groups is 1. The van der Waals surface area contributed by atoms with Crippen LogP contribution in [0.25, 0.3) is 0 Å². The molecular weight excluding hydrogens is 370 g/mol. The lowest BCUT2D eigenvalue weighted by Crippen LogP contribution is -2.16. The van der Waals surface area contributed by atoms with Crippen molar-refractivity contribution >= 4 is 45.0 Å². The Morgan fingerprint density at radius 1 is 1.36 bits per heavy atom. The number of hydrazone groups is 1. The molecule has 0 aliphatic rings. The van der Waals surface area contributed by atoms with Gasteiger partial charge in [0.2, 0.25) is 0 Å². The molecule has 2 N–H and O–H groups in total. The molecule has 2 aromatic carbocycles. The van der Waals surface area contributed by atoms with Gasteiger partial charge in [0.15, 0.2) is 0 Å². The molecule has 0 unspecified atom stereocenters. The molecule has 112 valence electrons. The van der Waals surface area contributed by atoms with Crippen LogP contribution in [-0.2, 0) is 0 Å². The van der Waals surface area contributed by atoms with E-state index in [1.807, 2.05) is 30.3 Å². The number of phenolic OH excluding ortho intramolecular Hbond substituents is 1. The summed E-state index contributed by atoms with van der Waals surface area (Å²) in [5.41, 5.74) is 3.48. The quantitative estimate of drug-likeness (QED) is 0.368. The molecule has 0 bridgehead atoms. The van der Waals surface area contributed by atoms with Crippen LogP contribution in [0.5, 0.6) is 5.75 Å². The summed E-state index contributed by atoms with van der Waals surface area (Å²) < 4.78 is 0.216. The summed E-state index contributed by atoms with van der Waals surface area (Å²) in [6.45, 7) is 0. The third-order valence-electron chi connectivity index (χ3n) is 2.69. The van der Waals surface area contributed by atoms with Crippen LogP contribution >= 0.6 is 28.1 Å². The van der Waals surface area contributed by atoms with Gasteiger partial charge in [-0.2, -0.15) is 5.10 Å². The van der Waals surface area contributed by atoms with Gasteiger partial charge in [0.25, 0.3) is 5.69 Å². The molecule has 0 amide bonds. The Hall–Kier alpha value is -2.32. The molecule has 22 heavy (non-hydrogen) atoms. The van der Waals surface area contributed by atoms with E-state index in [1.54, 1.807) is 0 Å². The zero-order valence-corrected chi connectivity index (χ0v) is 13.5. The first kappa shape index (κ1) is 16.1. The predicted octanol–water partition coefficient (Wildman–Crippen LogP) is 3.36.